The first-order valence-corrected chi connectivity index (χ1v) is 4.95. The van der Waals surface area contributed by atoms with E-state index in [4.69, 9.17) is 4.74 Å². The summed E-state index contributed by atoms with van der Waals surface area (Å²) in [7, 11) is 0. The lowest BCUT2D eigenvalue weighted by Crippen LogP contribution is -1.95. The quantitative estimate of drug-likeness (QED) is 0.734. The van der Waals surface area contributed by atoms with Gasteiger partial charge in [0, 0.05) is 4.47 Å². The van der Waals surface area contributed by atoms with Gasteiger partial charge in [-0.3, -0.25) is 0 Å². The van der Waals surface area contributed by atoms with Crippen LogP contribution < -0.4 is 4.74 Å². The van der Waals surface area contributed by atoms with Gasteiger partial charge in [-0.1, -0.05) is 28.6 Å². The minimum atomic E-state index is 0.557. The van der Waals surface area contributed by atoms with E-state index in [0.717, 1.165) is 15.8 Å². The maximum Gasteiger partial charge on any atom is 0.123 e. The molecule has 70 valence electrons. The first kappa shape index (κ1) is 10.3. The Balaban J connectivity index is 2.94. The van der Waals surface area contributed by atoms with E-state index < -0.39 is 0 Å². The molecule has 13 heavy (non-hydrogen) atoms. The zero-order valence-corrected chi connectivity index (χ0v) is 9.52. The average Bonchev–Trinajstić information content (AvgIpc) is 2.09. The highest BCUT2D eigenvalue weighted by Gasteiger charge is 2.02. The summed E-state index contributed by atoms with van der Waals surface area (Å²) in [5, 5.41) is 0. The van der Waals surface area contributed by atoms with Crippen molar-refractivity contribution in [2.45, 2.75) is 13.8 Å². The van der Waals surface area contributed by atoms with Gasteiger partial charge in [0.25, 0.3) is 0 Å². The third-order valence-corrected chi connectivity index (χ3v) is 2.67. The Morgan fingerprint density at radius 1 is 1.38 bits per heavy atom. The second kappa shape index (κ2) is 4.47. The van der Waals surface area contributed by atoms with Gasteiger partial charge in [0.15, 0.2) is 0 Å². The summed E-state index contributed by atoms with van der Waals surface area (Å²) < 4.78 is 6.60. The third-order valence-electron chi connectivity index (χ3n) is 1.81. The van der Waals surface area contributed by atoms with Crippen molar-refractivity contribution in [3.63, 3.8) is 0 Å². The van der Waals surface area contributed by atoms with Crippen LogP contribution in [0, 0.1) is 13.8 Å². The van der Waals surface area contributed by atoms with Crippen LogP contribution in [0.15, 0.2) is 29.3 Å². The van der Waals surface area contributed by atoms with Crippen LogP contribution in [-0.4, -0.2) is 6.61 Å². The fourth-order valence-corrected chi connectivity index (χ4v) is 1.52. The molecule has 1 rings (SSSR count). The van der Waals surface area contributed by atoms with Crippen molar-refractivity contribution in [1.29, 1.82) is 0 Å². The molecule has 0 radical (unpaired) electrons. The summed E-state index contributed by atoms with van der Waals surface area (Å²) in [4.78, 5) is 0. The van der Waals surface area contributed by atoms with Gasteiger partial charge >= 0.3 is 0 Å². The largest absolute Gasteiger partial charge is 0.489 e. The van der Waals surface area contributed by atoms with Crippen molar-refractivity contribution in [3.05, 3.63) is 40.4 Å². The molecular formula is C11H13BrO. The highest BCUT2D eigenvalue weighted by atomic mass is 79.9. The molecule has 0 bridgehead atoms. The Morgan fingerprint density at radius 2 is 2.08 bits per heavy atom. The predicted molar refractivity (Wildman–Crippen MR) is 59.3 cm³/mol. The Morgan fingerprint density at radius 3 is 2.69 bits per heavy atom. The maximum absolute atomic E-state index is 5.48. The molecule has 0 aliphatic heterocycles. The van der Waals surface area contributed by atoms with Gasteiger partial charge in [0.05, 0.1) is 0 Å². The van der Waals surface area contributed by atoms with Gasteiger partial charge < -0.3 is 4.74 Å². The summed E-state index contributed by atoms with van der Waals surface area (Å²) in [6.45, 7) is 8.24. The Bertz CT molecular complexity index is 318. The van der Waals surface area contributed by atoms with Crippen LogP contribution >= 0.6 is 15.9 Å². The van der Waals surface area contributed by atoms with Crippen LogP contribution in [0.1, 0.15) is 11.1 Å². The van der Waals surface area contributed by atoms with Gasteiger partial charge in [-0.05, 0) is 37.1 Å². The first-order chi connectivity index (χ1) is 6.15. The Labute approximate surface area is 87.5 Å². The van der Waals surface area contributed by atoms with Gasteiger partial charge in [-0.2, -0.15) is 0 Å². The SMILES string of the molecule is C=CCOc1cc(C)c(Br)cc1C. The van der Waals surface area contributed by atoms with Crippen molar-refractivity contribution in [3.8, 4) is 5.75 Å². The normalized spacial score (nSPS) is 9.77. The molecule has 0 unspecified atom stereocenters. The average molecular weight is 241 g/mol. The van der Waals surface area contributed by atoms with Gasteiger partial charge in [0.1, 0.15) is 12.4 Å². The highest BCUT2D eigenvalue weighted by Crippen LogP contribution is 2.26. The number of hydrogen-bond donors (Lipinski definition) is 0. The van der Waals surface area contributed by atoms with E-state index >= 15 is 0 Å². The van der Waals surface area contributed by atoms with Gasteiger partial charge in [-0.15, -0.1) is 0 Å². The molecule has 1 nitrogen and oxygen atoms in total. The lowest BCUT2D eigenvalue weighted by molar-refractivity contribution is 0.360. The molecule has 0 fully saturated rings. The summed E-state index contributed by atoms with van der Waals surface area (Å²) in [5.74, 6) is 0.931. The smallest absolute Gasteiger partial charge is 0.123 e. The van der Waals surface area contributed by atoms with E-state index in [9.17, 15) is 0 Å². The molecule has 1 aromatic carbocycles. The van der Waals surface area contributed by atoms with Crippen LogP contribution in [0.3, 0.4) is 0 Å². The number of ether oxygens (including phenoxy) is 1. The molecule has 2 heteroatoms. The van der Waals surface area contributed by atoms with Crippen LogP contribution in [0.25, 0.3) is 0 Å². The number of halogens is 1. The van der Waals surface area contributed by atoms with Crippen LogP contribution in [0.2, 0.25) is 0 Å². The van der Waals surface area contributed by atoms with Crippen LogP contribution in [0.5, 0.6) is 5.75 Å². The number of aryl methyl sites for hydroxylation is 2. The number of hydrogen-bond acceptors (Lipinski definition) is 1. The fourth-order valence-electron chi connectivity index (χ4n) is 1.06. The van der Waals surface area contributed by atoms with Crippen molar-refractivity contribution in [2.24, 2.45) is 0 Å². The monoisotopic (exact) mass is 240 g/mol. The first-order valence-electron chi connectivity index (χ1n) is 4.15. The second-order valence-corrected chi connectivity index (χ2v) is 3.82. The summed E-state index contributed by atoms with van der Waals surface area (Å²) >= 11 is 3.47. The van der Waals surface area contributed by atoms with Crippen molar-refractivity contribution < 1.29 is 4.74 Å². The minimum absolute atomic E-state index is 0.557. The zero-order valence-electron chi connectivity index (χ0n) is 7.93. The topological polar surface area (TPSA) is 9.23 Å². The van der Waals surface area contributed by atoms with E-state index in [2.05, 4.69) is 28.6 Å². The van der Waals surface area contributed by atoms with E-state index in [1.165, 1.54) is 5.56 Å². The van der Waals surface area contributed by atoms with Crippen LogP contribution in [0.4, 0.5) is 0 Å². The predicted octanol–water partition coefficient (Wildman–Crippen LogP) is 3.63. The minimum Gasteiger partial charge on any atom is -0.489 e. The molecular weight excluding hydrogens is 228 g/mol. The van der Waals surface area contributed by atoms with E-state index in [1.54, 1.807) is 6.08 Å². The van der Waals surface area contributed by atoms with Gasteiger partial charge in [0.2, 0.25) is 0 Å². The zero-order chi connectivity index (χ0) is 9.84. The summed E-state index contributed by atoms with van der Waals surface area (Å²) in [6.07, 6.45) is 1.75. The standard InChI is InChI=1S/C11H13BrO/c1-4-5-13-11-7-8(2)10(12)6-9(11)3/h4,6-7H,1,5H2,2-3H3. The Hall–Kier alpha value is -0.760. The molecule has 0 amide bonds. The molecule has 0 saturated heterocycles. The molecule has 0 aliphatic rings. The number of benzene rings is 1. The van der Waals surface area contributed by atoms with Gasteiger partial charge in [-0.25, -0.2) is 0 Å². The number of rotatable bonds is 3. The molecule has 0 aromatic heterocycles. The lowest BCUT2D eigenvalue weighted by atomic mass is 10.1. The van der Waals surface area contributed by atoms with Crippen molar-refractivity contribution in [1.82, 2.24) is 0 Å². The fraction of sp³-hybridized carbons (Fsp3) is 0.273. The molecule has 0 aliphatic carbocycles. The van der Waals surface area contributed by atoms with Crippen molar-refractivity contribution >= 4 is 15.9 Å². The Kier molecular flexibility index (Phi) is 3.55. The molecule has 1 aromatic rings. The van der Waals surface area contributed by atoms with Crippen molar-refractivity contribution in [2.75, 3.05) is 6.61 Å². The third kappa shape index (κ3) is 2.59. The molecule has 0 spiro atoms. The highest BCUT2D eigenvalue weighted by molar-refractivity contribution is 9.10. The molecule has 0 saturated carbocycles. The lowest BCUT2D eigenvalue weighted by Gasteiger charge is -2.09. The van der Waals surface area contributed by atoms with Crippen LogP contribution in [-0.2, 0) is 0 Å². The summed E-state index contributed by atoms with van der Waals surface area (Å²) in [6, 6.07) is 4.09. The van der Waals surface area contributed by atoms with E-state index in [1.807, 2.05) is 19.9 Å². The second-order valence-electron chi connectivity index (χ2n) is 2.97. The maximum atomic E-state index is 5.48. The van der Waals surface area contributed by atoms with E-state index in [0.29, 0.717) is 6.61 Å². The summed E-state index contributed by atoms with van der Waals surface area (Å²) in [5.41, 5.74) is 2.32. The van der Waals surface area contributed by atoms with E-state index in [-0.39, 0.29) is 0 Å². The molecule has 0 atom stereocenters. The molecule has 0 heterocycles. The molecule has 0 N–H and O–H groups in total.